The van der Waals surface area contributed by atoms with E-state index < -0.39 is 11.9 Å². The highest BCUT2D eigenvalue weighted by Crippen LogP contribution is 2.23. The summed E-state index contributed by atoms with van der Waals surface area (Å²) >= 11 is 12.2. The number of hydrogen-bond acceptors (Lipinski definition) is 2. The minimum absolute atomic E-state index is 0.113. The van der Waals surface area contributed by atoms with Gasteiger partial charge in [0.15, 0.2) is 0 Å². The zero-order valence-electron chi connectivity index (χ0n) is 15.1. The molecule has 0 radical (unpaired) electrons. The van der Waals surface area contributed by atoms with Crippen LogP contribution in [-0.2, 0) is 22.6 Å². The molecule has 0 fully saturated rings. The molecule has 0 aliphatic rings. The van der Waals surface area contributed by atoms with E-state index in [2.05, 4.69) is 5.32 Å². The number of carbonyl (C=O) groups excluding carboxylic acids is 2. The molecule has 0 unspecified atom stereocenters. The first-order valence-corrected chi connectivity index (χ1v) is 9.33. The summed E-state index contributed by atoms with van der Waals surface area (Å²) in [6.45, 7) is 3.99. The van der Waals surface area contributed by atoms with Gasteiger partial charge < -0.3 is 10.2 Å². The summed E-state index contributed by atoms with van der Waals surface area (Å²) in [6.07, 6.45) is -0.151. The number of carbonyl (C=O) groups is 2. The van der Waals surface area contributed by atoms with Crippen molar-refractivity contribution in [2.45, 2.75) is 32.9 Å². The monoisotopic (exact) mass is 410 g/mol. The molecule has 1 atom stereocenters. The number of nitrogens with zero attached hydrogens (tertiary/aromatic N) is 1. The molecule has 2 rings (SSSR count). The van der Waals surface area contributed by atoms with E-state index >= 15 is 0 Å². The van der Waals surface area contributed by atoms with Gasteiger partial charge in [-0.25, -0.2) is 4.39 Å². The number of halogens is 3. The van der Waals surface area contributed by atoms with Crippen molar-refractivity contribution in [1.82, 2.24) is 10.2 Å². The van der Waals surface area contributed by atoms with E-state index in [9.17, 15) is 14.0 Å². The van der Waals surface area contributed by atoms with Gasteiger partial charge in [0, 0.05) is 23.1 Å². The third kappa shape index (κ3) is 5.68. The minimum Gasteiger partial charge on any atom is -0.355 e. The minimum atomic E-state index is -0.740. The van der Waals surface area contributed by atoms with E-state index in [1.54, 1.807) is 50.2 Å². The highest BCUT2D eigenvalue weighted by Gasteiger charge is 2.27. The number of benzene rings is 2. The normalized spacial score (nSPS) is 11.7. The van der Waals surface area contributed by atoms with Gasteiger partial charge in [-0.1, -0.05) is 47.5 Å². The van der Waals surface area contributed by atoms with Crippen molar-refractivity contribution in [3.05, 3.63) is 69.5 Å². The molecule has 2 aromatic rings. The molecule has 0 saturated carbocycles. The Bertz CT molecular complexity index is 829. The van der Waals surface area contributed by atoms with Gasteiger partial charge in [-0.3, -0.25) is 9.59 Å². The lowest BCUT2D eigenvalue weighted by atomic mass is 10.1. The SMILES string of the molecule is CCNC(=O)[C@@H](C)N(Cc1ccc(Cl)cc1Cl)C(=O)Cc1ccccc1F. The maximum absolute atomic E-state index is 13.9. The van der Waals surface area contributed by atoms with Gasteiger partial charge in [-0.15, -0.1) is 0 Å². The smallest absolute Gasteiger partial charge is 0.242 e. The van der Waals surface area contributed by atoms with E-state index in [-0.39, 0.29) is 30.3 Å². The molecule has 0 aliphatic carbocycles. The Morgan fingerprint density at radius 2 is 1.85 bits per heavy atom. The molecule has 0 saturated heterocycles. The Hall–Kier alpha value is -2.11. The third-order valence-electron chi connectivity index (χ3n) is 4.17. The average Bonchev–Trinajstić information content (AvgIpc) is 2.62. The van der Waals surface area contributed by atoms with Gasteiger partial charge in [0.25, 0.3) is 0 Å². The number of rotatable bonds is 7. The summed E-state index contributed by atoms with van der Waals surface area (Å²) in [5.74, 6) is -1.12. The topological polar surface area (TPSA) is 49.4 Å². The lowest BCUT2D eigenvalue weighted by Crippen LogP contribution is -2.48. The van der Waals surface area contributed by atoms with E-state index in [0.717, 1.165) is 0 Å². The largest absolute Gasteiger partial charge is 0.355 e. The highest BCUT2D eigenvalue weighted by atomic mass is 35.5. The Kier molecular flexibility index (Phi) is 7.63. The van der Waals surface area contributed by atoms with Crippen LogP contribution in [0.4, 0.5) is 4.39 Å². The first-order valence-electron chi connectivity index (χ1n) is 8.58. The van der Waals surface area contributed by atoms with Crippen LogP contribution in [-0.4, -0.2) is 29.3 Å². The molecule has 2 aromatic carbocycles. The van der Waals surface area contributed by atoms with Crippen LogP contribution >= 0.6 is 23.2 Å². The van der Waals surface area contributed by atoms with Crippen LogP contribution in [0, 0.1) is 5.82 Å². The molecule has 1 N–H and O–H groups in total. The quantitative estimate of drug-likeness (QED) is 0.742. The van der Waals surface area contributed by atoms with Crippen LogP contribution in [0.25, 0.3) is 0 Å². The zero-order valence-corrected chi connectivity index (χ0v) is 16.6. The fourth-order valence-corrected chi connectivity index (χ4v) is 3.11. The van der Waals surface area contributed by atoms with E-state index in [4.69, 9.17) is 23.2 Å². The first kappa shape index (κ1) is 21.2. The molecule has 0 aliphatic heterocycles. The maximum Gasteiger partial charge on any atom is 0.242 e. The van der Waals surface area contributed by atoms with Crippen LogP contribution in [0.1, 0.15) is 25.0 Å². The predicted octanol–water partition coefficient (Wildman–Crippen LogP) is 4.23. The standard InChI is InChI=1S/C20H21Cl2FN2O2/c1-3-24-20(27)13(2)25(12-15-8-9-16(21)11-17(15)22)19(26)10-14-6-4-5-7-18(14)23/h4-9,11,13H,3,10,12H2,1-2H3,(H,24,27)/t13-/m1/s1. The second kappa shape index (κ2) is 9.72. The molecule has 2 amide bonds. The van der Waals surface area contributed by atoms with Crippen molar-refractivity contribution >= 4 is 35.0 Å². The van der Waals surface area contributed by atoms with Gasteiger partial charge in [-0.2, -0.15) is 0 Å². The molecule has 0 aromatic heterocycles. The van der Waals surface area contributed by atoms with Crippen LogP contribution in [0.3, 0.4) is 0 Å². The van der Waals surface area contributed by atoms with Gasteiger partial charge in [-0.05, 0) is 43.2 Å². The maximum atomic E-state index is 13.9. The molecular formula is C20H21Cl2FN2O2. The fourth-order valence-electron chi connectivity index (χ4n) is 2.64. The second-order valence-electron chi connectivity index (χ2n) is 6.10. The summed E-state index contributed by atoms with van der Waals surface area (Å²) in [7, 11) is 0. The summed E-state index contributed by atoms with van der Waals surface area (Å²) in [5, 5.41) is 3.58. The van der Waals surface area contributed by atoms with Gasteiger partial charge in [0.1, 0.15) is 11.9 Å². The van der Waals surface area contributed by atoms with Crippen molar-refractivity contribution in [1.29, 1.82) is 0 Å². The highest BCUT2D eigenvalue weighted by molar-refractivity contribution is 6.35. The van der Waals surface area contributed by atoms with Gasteiger partial charge >= 0.3 is 0 Å². The fraction of sp³-hybridized carbons (Fsp3) is 0.300. The second-order valence-corrected chi connectivity index (χ2v) is 6.94. The molecule has 0 heterocycles. The van der Waals surface area contributed by atoms with Crippen LogP contribution in [0.2, 0.25) is 10.0 Å². The van der Waals surface area contributed by atoms with Gasteiger partial charge in [0.2, 0.25) is 11.8 Å². The number of amides is 2. The molecule has 7 heteroatoms. The number of nitrogens with one attached hydrogen (secondary N) is 1. The molecule has 0 bridgehead atoms. The Morgan fingerprint density at radius 3 is 2.48 bits per heavy atom. The summed E-state index contributed by atoms with van der Waals surface area (Å²) in [4.78, 5) is 26.6. The Morgan fingerprint density at radius 1 is 1.15 bits per heavy atom. The van der Waals surface area contributed by atoms with Crippen LogP contribution in [0.15, 0.2) is 42.5 Å². The van der Waals surface area contributed by atoms with Crippen molar-refractivity contribution in [2.75, 3.05) is 6.54 Å². The Balaban J connectivity index is 2.29. The Labute approximate surface area is 168 Å². The molecule has 4 nitrogen and oxygen atoms in total. The summed E-state index contributed by atoms with van der Waals surface area (Å²) < 4.78 is 13.9. The third-order valence-corrected chi connectivity index (χ3v) is 4.76. The summed E-state index contributed by atoms with van der Waals surface area (Å²) in [6, 6.07) is 10.3. The van der Waals surface area contributed by atoms with Crippen molar-refractivity contribution in [2.24, 2.45) is 0 Å². The number of hydrogen-bond donors (Lipinski definition) is 1. The zero-order chi connectivity index (χ0) is 20.0. The van der Waals surface area contributed by atoms with Crippen molar-refractivity contribution in [3.8, 4) is 0 Å². The summed E-state index contributed by atoms with van der Waals surface area (Å²) in [5.41, 5.74) is 0.928. The molecule has 27 heavy (non-hydrogen) atoms. The number of likely N-dealkylation sites (N-methyl/N-ethyl adjacent to an activating group) is 1. The van der Waals surface area contributed by atoms with Crippen LogP contribution in [0.5, 0.6) is 0 Å². The van der Waals surface area contributed by atoms with Crippen molar-refractivity contribution < 1.29 is 14.0 Å². The first-order chi connectivity index (χ1) is 12.8. The predicted molar refractivity (Wildman–Crippen MR) is 105 cm³/mol. The lowest BCUT2D eigenvalue weighted by Gasteiger charge is -2.29. The van der Waals surface area contributed by atoms with E-state index in [1.165, 1.54) is 11.0 Å². The van der Waals surface area contributed by atoms with E-state index in [1.807, 2.05) is 0 Å². The molecule has 0 spiro atoms. The lowest BCUT2D eigenvalue weighted by molar-refractivity contribution is -0.140. The van der Waals surface area contributed by atoms with Crippen LogP contribution < -0.4 is 5.32 Å². The van der Waals surface area contributed by atoms with Gasteiger partial charge in [0.05, 0.1) is 6.42 Å². The average molecular weight is 411 g/mol. The van der Waals surface area contributed by atoms with Crippen molar-refractivity contribution in [3.63, 3.8) is 0 Å². The molecular weight excluding hydrogens is 390 g/mol. The van der Waals surface area contributed by atoms with E-state index in [0.29, 0.717) is 22.2 Å². The molecule has 144 valence electrons.